The van der Waals surface area contributed by atoms with E-state index >= 15 is 0 Å². The largest absolute Gasteiger partial charge is 0.417 e. The minimum Gasteiger partial charge on any atom is -0.369 e. The first-order valence-corrected chi connectivity index (χ1v) is 7.62. The van der Waals surface area contributed by atoms with Crippen LogP contribution in [0.4, 0.5) is 19.0 Å². The fourth-order valence-corrected chi connectivity index (χ4v) is 2.64. The Morgan fingerprint density at radius 2 is 1.88 bits per heavy atom. The van der Waals surface area contributed by atoms with Crippen LogP contribution >= 0.6 is 11.6 Å². The number of pyridine rings is 2. The molecule has 0 saturated carbocycles. The number of para-hydroxylation sites is 1. The second-order valence-electron chi connectivity index (χ2n) is 5.22. The zero-order valence-corrected chi connectivity index (χ0v) is 13.2. The summed E-state index contributed by atoms with van der Waals surface area (Å²) in [4.78, 5) is 8.13. The summed E-state index contributed by atoms with van der Waals surface area (Å²) in [5.74, 6) is 0.234. The number of alkyl halides is 3. The van der Waals surface area contributed by atoms with Crippen LogP contribution in [-0.2, 0) is 12.6 Å². The number of hydrogen-bond acceptors (Lipinski definition) is 3. The Kier molecular flexibility index (Phi) is 4.57. The second kappa shape index (κ2) is 6.65. The third-order valence-electron chi connectivity index (χ3n) is 3.57. The van der Waals surface area contributed by atoms with Gasteiger partial charge in [-0.2, -0.15) is 13.2 Å². The van der Waals surface area contributed by atoms with Crippen molar-refractivity contribution >= 4 is 28.3 Å². The summed E-state index contributed by atoms with van der Waals surface area (Å²) in [6.07, 6.45) is -1.31. The fraction of sp³-hybridized carbons (Fsp3) is 0.176. The van der Waals surface area contributed by atoms with Crippen LogP contribution in [0.2, 0.25) is 5.02 Å². The molecule has 3 nitrogen and oxygen atoms in total. The maximum atomic E-state index is 12.6. The summed E-state index contributed by atoms with van der Waals surface area (Å²) in [7, 11) is 0. The molecule has 0 bridgehead atoms. The van der Waals surface area contributed by atoms with Gasteiger partial charge in [0.1, 0.15) is 5.82 Å². The minimum atomic E-state index is -4.45. The minimum absolute atomic E-state index is 0.0548. The molecule has 2 heterocycles. The summed E-state index contributed by atoms with van der Waals surface area (Å²) in [5, 5.41) is 3.95. The molecule has 0 radical (unpaired) electrons. The molecule has 0 aliphatic rings. The first kappa shape index (κ1) is 16.5. The summed E-state index contributed by atoms with van der Waals surface area (Å²) in [6.45, 7) is 0.480. The predicted molar refractivity (Wildman–Crippen MR) is 88.2 cm³/mol. The number of fused-ring (bicyclic) bond motifs is 1. The van der Waals surface area contributed by atoms with Crippen LogP contribution in [0.25, 0.3) is 10.9 Å². The van der Waals surface area contributed by atoms with Gasteiger partial charge in [0, 0.05) is 24.3 Å². The SMILES string of the molecule is FC(F)(F)c1cnc(NCCc2cccc3cccnc23)c(Cl)c1. The quantitative estimate of drug-likeness (QED) is 0.722. The molecule has 3 aromatic rings. The van der Waals surface area contributed by atoms with Crippen LogP contribution in [0, 0.1) is 0 Å². The van der Waals surface area contributed by atoms with Crippen molar-refractivity contribution in [1.82, 2.24) is 9.97 Å². The highest BCUT2D eigenvalue weighted by atomic mass is 35.5. The van der Waals surface area contributed by atoms with Gasteiger partial charge >= 0.3 is 6.18 Å². The highest BCUT2D eigenvalue weighted by Gasteiger charge is 2.31. The van der Waals surface area contributed by atoms with Crippen LogP contribution < -0.4 is 5.32 Å². The smallest absolute Gasteiger partial charge is 0.369 e. The molecule has 0 saturated heterocycles. The van der Waals surface area contributed by atoms with Crippen LogP contribution in [0.3, 0.4) is 0 Å². The van der Waals surface area contributed by atoms with Crippen LogP contribution in [0.1, 0.15) is 11.1 Å². The molecule has 1 aromatic carbocycles. The molecule has 24 heavy (non-hydrogen) atoms. The van der Waals surface area contributed by atoms with Gasteiger partial charge in [-0.1, -0.05) is 35.9 Å². The van der Waals surface area contributed by atoms with E-state index in [4.69, 9.17) is 11.6 Å². The average molecular weight is 352 g/mol. The van der Waals surface area contributed by atoms with Gasteiger partial charge < -0.3 is 5.32 Å². The van der Waals surface area contributed by atoms with E-state index in [0.29, 0.717) is 13.0 Å². The van der Waals surface area contributed by atoms with Gasteiger partial charge in [-0.15, -0.1) is 0 Å². The monoisotopic (exact) mass is 351 g/mol. The van der Waals surface area contributed by atoms with Gasteiger partial charge in [0.25, 0.3) is 0 Å². The van der Waals surface area contributed by atoms with E-state index in [0.717, 1.165) is 28.7 Å². The molecule has 0 aliphatic heterocycles. The number of nitrogens with zero attached hydrogens (tertiary/aromatic N) is 2. The summed E-state index contributed by atoms with van der Waals surface area (Å²) < 4.78 is 37.8. The molecular formula is C17H13ClF3N3. The van der Waals surface area contributed by atoms with Crippen molar-refractivity contribution in [3.63, 3.8) is 0 Å². The molecule has 2 aromatic heterocycles. The fourth-order valence-electron chi connectivity index (χ4n) is 2.41. The molecule has 0 spiro atoms. The van der Waals surface area contributed by atoms with Crippen LogP contribution in [0.15, 0.2) is 48.8 Å². The van der Waals surface area contributed by atoms with Gasteiger partial charge in [0.2, 0.25) is 0 Å². The van der Waals surface area contributed by atoms with Gasteiger partial charge in [0.05, 0.1) is 16.1 Å². The van der Waals surface area contributed by atoms with E-state index in [9.17, 15) is 13.2 Å². The van der Waals surface area contributed by atoms with Crippen molar-refractivity contribution in [2.45, 2.75) is 12.6 Å². The number of nitrogens with one attached hydrogen (secondary N) is 1. The standard InChI is InChI=1S/C17H13ClF3N3/c18-14-9-13(17(19,20)21)10-24-16(14)23-8-6-12-4-1-3-11-5-2-7-22-15(11)12/h1-5,7,9-10H,6,8H2,(H,23,24). The Labute approximate surface area is 141 Å². The predicted octanol–water partition coefficient (Wildman–Crippen LogP) is 4.96. The molecule has 3 rings (SSSR count). The van der Waals surface area contributed by atoms with Crippen LogP contribution in [-0.4, -0.2) is 16.5 Å². The normalized spacial score (nSPS) is 11.7. The van der Waals surface area contributed by atoms with Gasteiger partial charge in [0.15, 0.2) is 0 Å². The zero-order valence-electron chi connectivity index (χ0n) is 12.4. The third-order valence-corrected chi connectivity index (χ3v) is 3.86. The molecular weight excluding hydrogens is 339 g/mol. The van der Waals surface area contributed by atoms with Crippen LogP contribution in [0.5, 0.6) is 0 Å². The number of aromatic nitrogens is 2. The molecule has 124 valence electrons. The van der Waals surface area contributed by atoms with E-state index < -0.39 is 11.7 Å². The van der Waals surface area contributed by atoms with E-state index in [1.807, 2.05) is 30.3 Å². The summed E-state index contributed by atoms with van der Waals surface area (Å²) in [5.41, 5.74) is 1.09. The van der Waals surface area contributed by atoms with Crippen molar-refractivity contribution < 1.29 is 13.2 Å². The van der Waals surface area contributed by atoms with Crippen molar-refractivity contribution in [1.29, 1.82) is 0 Å². The molecule has 0 amide bonds. The first-order valence-electron chi connectivity index (χ1n) is 7.24. The Hall–Kier alpha value is -2.34. The highest BCUT2D eigenvalue weighted by Crippen LogP contribution is 2.32. The maximum absolute atomic E-state index is 12.6. The summed E-state index contributed by atoms with van der Waals surface area (Å²) >= 11 is 5.87. The lowest BCUT2D eigenvalue weighted by molar-refractivity contribution is -0.137. The van der Waals surface area contributed by atoms with E-state index in [1.165, 1.54) is 0 Å². The van der Waals surface area contributed by atoms with Gasteiger partial charge in [-0.25, -0.2) is 4.98 Å². The van der Waals surface area contributed by atoms with E-state index in [1.54, 1.807) is 6.20 Å². The number of benzene rings is 1. The topological polar surface area (TPSA) is 37.8 Å². The Bertz CT molecular complexity index is 860. The maximum Gasteiger partial charge on any atom is 0.417 e. The third kappa shape index (κ3) is 3.59. The number of halogens is 4. The van der Waals surface area contributed by atoms with E-state index in [-0.39, 0.29) is 10.8 Å². The molecule has 0 aliphatic carbocycles. The Morgan fingerprint density at radius 3 is 2.62 bits per heavy atom. The van der Waals surface area contributed by atoms with Crippen molar-refractivity contribution in [3.8, 4) is 0 Å². The zero-order chi connectivity index (χ0) is 17.2. The highest BCUT2D eigenvalue weighted by molar-refractivity contribution is 6.32. The number of anilines is 1. The lowest BCUT2D eigenvalue weighted by Gasteiger charge is -2.11. The average Bonchev–Trinajstić information content (AvgIpc) is 2.55. The number of rotatable bonds is 4. The Balaban J connectivity index is 1.70. The molecule has 0 atom stereocenters. The summed E-state index contributed by atoms with van der Waals surface area (Å²) in [6, 6.07) is 10.6. The van der Waals surface area contributed by atoms with Gasteiger partial charge in [-0.3, -0.25) is 4.98 Å². The Morgan fingerprint density at radius 1 is 1.08 bits per heavy atom. The number of hydrogen-bond donors (Lipinski definition) is 1. The lowest BCUT2D eigenvalue weighted by Crippen LogP contribution is -2.10. The van der Waals surface area contributed by atoms with E-state index in [2.05, 4.69) is 15.3 Å². The lowest BCUT2D eigenvalue weighted by atomic mass is 10.1. The van der Waals surface area contributed by atoms with Crippen molar-refractivity contribution in [2.75, 3.05) is 11.9 Å². The second-order valence-corrected chi connectivity index (χ2v) is 5.63. The molecule has 0 fully saturated rings. The molecule has 7 heteroatoms. The molecule has 0 unspecified atom stereocenters. The first-order chi connectivity index (χ1) is 11.4. The van der Waals surface area contributed by atoms with Crippen molar-refractivity contribution in [3.05, 3.63) is 64.9 Å². The van der Waals surface area contributed by atoms with Crippen molar-refractivity contribution in [2.24, 2.45) is 0 Å². The molecule has 1 N–H and O–H groups in total. The van der Waals surface area contributed by atoms with Gasteiger partial charge in [-0.05, 0) is 24.1 Å².